The lowest BCUT2D eigenvalue weighted by atomic mass is 10.0. The van der Waals surface area contributed by atoms with Crippen LogP contribution in [0, 0.1) is 0 Å². The molecule has 0 bridgehead atoms. The molecule has 0 spiro atoms. The van der Waals surface area contributed by atoms with Crippen LogP contribution < -0.4 is 19.1 Å². The number of anilines is 1. The number of rotatable bonds is 10. The Kier molecular flexibility index (Phi) is 8.75. The van der Waals surface area contributed by atoms with Crippen LogP contribution in [-0.4, -0.2) is 58.9 Å². The van der Waals surface area contributed by atoms with E-state index in [1.807, 2.05) is 11.8 Å². The van der Waals surface area contributed by atoms with Gasteiger partial charge in [0, 0.05) is 23.6 Å². The van der Waals surface area contributed by atoms with E-state index in [9.17, 15) is 13.2 Å². The van der Waals surface area contributed by atoms with E-state index in [2.05, 4.69) is 5.32 Å². The molecule has 9 heteroatoms. The van der Waals surface area contributed by atoms with E-state index < -0.39 is 10.0 Å². The third-order valence-electron chi connectivity index (χ3n) is 4.67. The molecular formula is C19H30N2O5S2. The van der Waals surface area contributed by atoms with Crippen molar-refractivity contribution in [3.05, 3.63) is 18.2 Å². The number of carbonyl (C=O) groups excluding carboxylic acids is 1. The normalized spacial score (nSPS) is 15.1. The van der Waals surface area contributed by atoms with Crippen molar-refractivity contribution in [2.45, 2.75) is 37.4 Å². The molecule has 0 aromatic heterocycles. The van der Waals surface area contributed by atoms with Gasteiger partial charge < -0.3 is 14.8 Å². The van der Waals surface area contributed by atoms with Gasteiger partial charge in [0.2, 0.25) is 15.9 Å². The van der Waals surface area contributed by atoms with Crippen LogP contribution in [0.15, 0.2) is 18.2 Å². The van der Waals surface area contributed by atoms with E-state index in [1.54, 1.807) is 18.2 Å². The minimum Gasteiger partial charge on any atom is -0.493 e. The standard InChI is InChI=1S/C19H30N2O5S2/c1-25-17-10-9-15(13-18(17)26-2)21(28(3,23)24)14-19(22)20-11-12-27-16-7-5-4-6-8-16/h9-10,13,16H,4-8,11-12,14H2,1-3H3,(H,20,22). The molecule has 1 saturated carbocycles. The second-order valence-electron chi connectivity index (χ2n) is 6.79. The number of ether oxygens (including phenoxy) is 2. The van der Waals surface area contributed by atoms with Crippen molar-refractivity contribution in [1.29, 1.82) is 0 Å². The van der Waals surface area contributed by atoms with Crippen LogP contribution in [0.5, 0.6) is 11.5 Å². The van der Waals surface area contributed by atoms with Crippen LogP contribution in [0.4, 0.5) is 5.69 Å². The van der Waals surface area contributed by atoms with Gasteiger partial charge in [0.25, 0.3) is 0 Å². The van der Waals surface area contributed by atoms with E-state index in [1.165, 1.54) is 46.3 Å². The Morgan fingerprint density at radius 1 is 1.18 bits per heavy atom. The van der Waals surface area contributed by atoms with Gasteiger partial charge in [0.1, 0.15) is 6.54 Å². The molecule has 1 amide bonds. The first-order valence-corrected chi connectivity index (χ1v) is 12.3. The van der Waals surface area contributed by atoms with Crippen LogP contribution in [0.2, 0.25) is 0 Å². The number of hydrogen-bond acceptors (Lipinski definition) is 6. The van der Waals surface area contributed by atoms with Crippen LogP contribution >= 0.6 is 11.8 Å². The molecule has 1 fully saturated rings. The summed E-state index contributed by atoms with van der Waals surface area (Å²) < 4.78 is 35.9. The maximum Gasteiger partial charge on any atom is 0.240 e. The number of nitrogens with one attached hydrogen (secondary N) is 1. The summed E-state index contributed by atoms with van der Waals surface area (Å²) >= 11 is 1.89. The average molecular weight is 431 g/mol. The zero-order valence-electron chi connectivity index (χ0n) is 16.8. The number of amides is 1. The smallest absolute Gasteiger partial charge is 0.240 e. The molecule has 0 heterocycles. The number of hydrogen-bond donors (Lipinski definition) is 1. The molecule has 0 aliphatic heterocycles. The van der Waals surface area contributed by atoms with Gasteiger partial charge in [-0.1, -0.05) is 19.3 Å². The highest BCUT2D eigenvalue weighted by atomic mass is 32.2. The summed E-state index contributed by atoms with van der Waals surface area (Å²) in [5, 5.41) is 3.51. The van der Waals surface area contributed by atoms with E-state index in [0.717, 1.165) is 16.3 Å². The summed E-state index contributed by atoms with van der Waals surface area (Å²) in [5.74, 6) is 1.40. The molecule has 0 unspecified atom stereocenters. The molecule has 7 nitrogen and oxygen atoms in total. The average Bonchev–Trinajstić information content (AvgIpc) is 2.69. The van der Waals surface area contributed by atoms with Crippen LogP contribution in [0.25, 0.3) is 0 Å². The van der Waals surface area contributed by atoms with Crippen molar-refractivity contribution < 1.29 is 22.7 Å². The third-order valence-corrected chi connectivity index (χ3v) is 7.20. The monoisotopic (exact) mass is 430 g/mol. The zero-order valence-corrected chi connectivity index (χ0v) is 18.4. The minimum absolute atomic E-state index is 0.275. The van der Waals surface area contributed by atoms with E-state index >= 15 is 0 Å². The fourth-order valence-electron chi connectivity index (χ4n) is 3.21. The third kappa shape index (κ3) is 6.77. The molecule has 1 aromatic carbocycles. The first-order chi connectivity index (χ1) is 13.3. The van der Waals surface area contributed by atoms with Crippen molar-refractivity contribution in [2.75, 3.05) is 43.6 Å². The lowest BCUT2D eigenvalue weighted by molar-refractivity contribution is -0.119. The predicted molar refractivity (Wildman–Crippen MR) is 114 cm³/mol. The highest BCUT2D eigenvalue weighted by Crippen LogP contribution is 2.32. The van der Waals surface area contributed by atoms with Crippen LogP contribution in [0.1, 0.15) is 32.1 Å². The van der Waals surface area contributed by atoms with Gasteiger partial charge in [-0.3, -0.25) is 9.10 Å². The molecule has 1 aliphatic carbocycles. The molecule has 0 atom stereocenters. The molecule has 158 valence electrons. The maximum absolute atomic E-state index is 12.3. The SMILES string of the molecule is COc1ccc(N(CC(=O)NCCSC2CCCCC2)S(C)(=O)=O)cc1OC. The molecule has 0 saturated heterocycles. The Bertz CT molecular complexity index is 749. The van der Waals surface area contributed by atoms with Gasteiger partial charge in [0.15, 0.2) is 11.5 Å². The van der Waals surface area contributed by atoms with Crippen molar-refractivity contribution in [2.24, 2.45) is 0 Å². The minimum atomic E-state index is -3.63. The molecule has 1 aliphatic rings. The number of sulfonamides is 1. The van der Waals surface area contributed by atoms with E-state index in [4.69, 9.17) is 9.47 Å². The van der Waals surface area contributed by atoms with Gasteiger partial charge in [-0.15, -0.1) is 0 Å². The van der Waals surface area contributed by atoms with Gasteiger partial charge in [-0.2, -0.15) is 11.8 Å². The fraction of sp³-hybridized carbons (Fsp3) is 0.632. The molecule has 1 N–H and O–H groups in total. The van der Waals surface area contributed by atoms with Gasteiger partial charge in [-0.25, -0.2) is 8.42 Å². The topological polar surface area (TPSA) is 84.9 Å². The predicted octanol–water partition coefficient (Wildman–Crippen LogP) is 2.65. The van der Waals surface area contributed by atoms with Gasteiger partial charge in [-0.05, 0) is 25.0 Å². The number of methoxy groups -OCH3 is 2. The zero-order chi connectivity index (χ0) is 20.6. The first kappa shape index (κ1) is 22.7. The summed E-state index contributed by atoms with van der Waals surface area (Å²) in [4.78, 5) is 12.3. The van der Waals surface area contributed by atoms with Crippen molar-refractivity contribution in [3.63, 3.8) is 0 Å². The summed E-state index contributed by atoms with van der Waals surface area (Å²) in [7, 11) is -0.654. The number of nitrogens with zero attached hydrogens (tertiary/aromatic N) is 1. The first-order valence-electron chi connectivity index (χ1n) is 9.43. The van der Waals surface area contributed by atoms with Crippen LogP contribution in [-0.2, 0) is 14.8 Å². The van der Waals surface area contributed by atoms with Crippen LogP contribution in [0.3, 0.4) is 0 Å². The molecule has 0 radical (unpaired) electrons. The Labute approximate surface area is 172 Å². The fourth-order valence-corrected chi connectivity index (χ4v) is 5.28. The highest BCUT2D eigenvalue weighted by Gasteiger charge is 2.22. The Hall–Kier alpha value is -1.61. The second kappa shape index (κ2) is 10.8. The quantitative estimate of drug-likeness (QED) is 0.575. The number of benzene rings is 1. The van der Waals surface area contributed by atoms with Crippen molar-refractivity contribution in [1.82, 2.24) is 5.32 Å². The lowest BCUT2D eigenvalue weighted by Gasteiger charge is -2.23. The van der Waals surface area contributed by atoms with Crippen molar-refractivity contribution in [3.8, 4) is 11.5 Å². The van der Waals surface area contributed by atoms with Gasteiger partial charge >= 0.3 is 0 Å². The largest absolute Gasteiger partial charge is 0.493 e. The molecule has 1 aromatic rings. The summed E-state index contributed by atoms with van der Waals surface area (Å²) in [6, 6.07) is 4.76. The molecular weight excluding hydrogens is 400 g/mol. The van der Waals surface area contributed by atoms with Crippen molar-refractivity contribution >= 4 is 33.4 Å². The lowest BCUT2D eigenvalue weighted by Crippen LogP contribution is -2.41. The van der Waals surface area contributed by atoms with Gasteiger partial charge in [0.05, 0.1) is 26.2 Å². The maximum atomic E-state index is 12.3. The van der Waals surface area contributed by atoms with E-state index in [0.29, 0.717) is 29.0 Å². The summed E-state index contributed by atoms with van der Waals surface area (Å²) in [6.07, 6.45) is 7.48. The Morgan fingerprint density at radius 2 is 1.86 bits per heavy atom. The highest BCUT2D eigenvalue weighted by molar-refractivity contribution is 7.99. The van der Waals surface area contributed by atoms with E-state index in [-0.39, 0.29) is 12.5 Å². The Balaban J connectivity index is 1.93. The number of thioether (sulfide) groups is 1. The summed E-state index contributed by atoms with van der Waals surface area (Å²) in [5.41, 5.74) is 0.354. The Morgan fingerprint density at radius 3 is 2.46 bits per heavy atom. The second-order valence-corrected chi connectivity index (χ2v) is 10.1. The summed E-state index contributed by atoms with van der Waals surface area (Å²) in [6.45, 7) is 0.256. The molecule has 2 rings (SSSR count). The number of carbonyl (C=O) groups is 1. The molecule has 28 heavy (non-hydrogen) atoms.